The van der Waals surface area contributed by atoms with Gasteiger partial charge in [-0.1, -0.05) is 0 Å². The molecule has 0 radical (unpaired) electrons. The van der Waals surface area contributed by atoms with Crippen LogP contribution in [0.2, 0.25) is 0 Å². The Morgan fingerprint density at radius 1 is 1.24 bits per heavy atom. The number of nitrogens with zero attached hydrogens (tertiary/aromatic N) is 2. The van der Waals surface area contributed by atoms with Crippen LogP contribution in [0, 0.1) is 5.92 Å². The zero-order valence-electron chi connectivity index (χ0n) is 9.59. The second-order valence-electron chi connectivity index (χ2n) is 4.54. The van der Waals surface area contributed by atoms with Crippen molar-refractivity contribution in [2.75, 3.05) is 26.2 Å². The van der Waals surface area contributed by atoms with E-state index in [0.717, 1.165) is 0 Å². The minimum absolute atomic E-state index is 0.0535. The number of amides is 3. The molecule has 0 aromatic carbocycles. The van der Waals surface area contributed by atoms with Crippen LogP contribution in [0.25, 0.3) is 0 Å². The Balaban J connectivity index is 1.73. The minimum Gasteiger partial charge on any atom is -0.396 e. The Kier molecular flexibility index (Phi) is 3.42. The van der Waals surface area contributed by atoms with Gasteiger partial charge < -0.3 is 10.0 Å². The molecule has 0 aromatic rings. The summed E-state index contributed by atoms with van der Waals surface area (Å²) in [6, 6.07) is 0. The first-order valence-electron chi connectivity index (χ1n) is 5.83. The van der Waals surface area contributed by atoms with Gasteiger partial charge in [-0.3, -0.25) is 19.3 Å². The maximum absolute atomic E-state index is 11.7. The number of imide groups is 1. The van der Waals surface area contributed by atoms with Gasteiger partial charge in [-0.25, -0.2) is 0 Å². The molecular weight excluding hydrogens is 224 g/mol. The third-order valence-corrected chi connectivity index (χ3v) is 3.27. The molecule has 0 bridgehead atoms. The molecule has 0 aromatic heterocycles. The fourth-order valence-electron chi connectivity index (χ4n) is 2.13. The van der Waals surface area contributed by atoms with E-state index in [-0.39, 0.29) is 56.1 Å². The van der Waals surface area contributed by atoms with E-state index in [1.165, 1.54) is 4.90 Å². The van der Waals surface area contributed by atoms with E-state index in [1.807, 2.05) is 0 Å². The summed E-state index contributed by atoms with van der Waals surface area (Å²) in [5.41, 5.74) is 0. The Morgan fingerprint density at radius 3 is 2.35 bits per heavy atom. The molecule has 6 nitrogen and oxygen atoms in total. The highest BCUT2D eigenvalue weighted by molar-refractivity contribution is 6.02. The van der Waals surface area contributed by atoms with Gasteiger partial charge in [0.15, 0.2) is 0 Å². The Labute approximate surface area is 99.2 Å². The standard InChI is InChI=1S/C11H16N2O4/c14-7-8-5-12(6-8)9(15)3-4-13-10(16)1-2-11(13)17/h8,14H,1-7H2. The highest BCUT2D eigenvalue weighted by Gasteiger charge is 2.32. The molecule has 0 aliphatic carbocycles. The van der Waals surface area contributed by atoms with E-state index in [4.69, 9.17) is 5.11 Å². The number of carbonyl (C=O) groups excluding carboxylic acids is 3. The van der Waals surface area contributed by atoms with Crippen LogP contribution in [0.15, 0.2) is 0 Å². The molecule has 0 saturated carbocycles. The first-order valence-corrected chi connectivity index (χ1v) is 5.83. The van der Waals surface area contributed by atoms with Crippen LogP contribution in [-0.4, -0.2) is 58.9 Å². The quantitative estimate of drug-likeness (QED) is 0.638. The van der Waals surface area contributed by atoms with Crippen molar-refractivity contribution in [1.29, 1.82) is 0 Å². The lowest BCUT2D eigenvalue weighted by molar-refractivity contribution is -0.141. The van der Waals surface area contributed by atoms with E-state index < -0.39 is 0 Å². The van der Waals surface area contributed by atoms with E-state index >= 15 is 0 Å². The van der Waals surface area contributed by atoms with Gasteiger partial charge in [0.05, 0.1) is 0 Å². The fraction of sp³-hybridized carbons (Fsp3) is 0.727. The molecule has 2 saturated heterocycles. The molecule has 3 amide bonds. The molecule has 94 valence electrons. The zero-order chi connectivity index (χ0) is 12.4. The van der Waals surface area contributed by atoms with Crippen molar-refractivity contribution in [3.05, 3.63) is 0 Å². The monoisotopic (exact) mass is 240 g/mol. The van der Waals surface area contributed by atoms with E-state index in [2.05, 4.69) is 0 Å². The normalized spacial score (nSPS) is 21.0. The van der Waals surface area contributed by atoms with Crippen molar-refractivity contribution in [1.82, 2.24) is 9.80 Å². The van der Waals surface area contributed by atoms with Gasteiger partial charge >= 0.3 is 0 Å². The number of hydrogen-bond donors (Lipinski definition) is 1. The van der Waals surface area contributed by atoms with Crippen LogP contribution in [0.5, 0.6) is 0 Å². The Bertz CT molecular complexity index is 333. The number of hydrogen-bond acceptors (Lipinski definition) is 4. The summed E-state index contributed by atoms with van der Waals surface area (Å²) in [6.07, 6.45) is 0.724. The van der Waals surface area contributed by atoms with Crippen molar-refractivity contribution < 1.29 is 19.5 Å². The highest BCUT2D eigenvalue weighted by Crippen LogP contribution is 2.17. The number of likely N-dealkylation sites (tertiary alicyclic amines) is 2. The van der Waals surface area contributed by atoms with Gasteiger partial charge in [-0.15, -0.1) is 0 Å². The molecule has 0 atom stereocenters. The summed E-state index contributed by atoms with van der Waals surface area (Å²) in [5, 5.41) is 8.82. The molecule has 0 spiro atoms. The smallest absolute Gasteiger partial charge is 0.229 e. The largest absolute Gasteiger partial charge is 0.396 e. The maximum atomic E-state index is 11.7. The Morgan fingerprint density at radius 2 is 1.82 bits per heavy atom. The molecule has 1 N–H and O–H groups in total. The van der Waals surface area contributed by atoms with Gasteiger partial charge in [-0.2, -0.15) is 0 Å². The number of rotatable bonds is 4. The average Bonchev–Trinajstić information content (AvgIpc) is 2.55. The molecule has 0 unspecified atom stereocenters. The summed E-state index contributed by atoms with van der Waals surface area (Å²) in [5.74, 6) is -0.226. The Hall–Kier alpha value is -1.43. The number of aliphatic hydroxyl groups is 1. The van der Waals surface area contributed by atoms with Crippen LogP contribution in [0.3, 0.4) is 0 Å². The number of carbonyl (C=O) groups is 3. The van der Waals surface area contributed by atoms with Crippen LogP contribution in [0.1, 0.15) is 19.3 Å². The molecule has 6 heteroatoms. The predicted molar refractivity (Wildman–Crippen MR) is 57.7 cm³/mol. The summed E-state index contributed by atoms with van der Waals surface area (Å²) in [4.78, 5) is 37.1. The number of aliphatic hydroxyl groups excluding tert-OH is 1. The van der Waals surface area contributed by atoms with Gasteiger partial charge in [0.1, 0.15) is 0 Å². The van der Waals surface area contributed by atoms with Gasteiger partial charge in [0.2, 0.25) is 17.7 Å². The van der Waals surface area contributed by atoms with Crippen molar-refractivity contribution in [3.63, 3.8) is 0 Å². The summed E-state index contributed by atoms with van der Waals surface area (Å²) < 4.78 is 0. The predicted octanol–water partition coefficient (Wildman–Crippen LogP) is -1.02. The lowest BCUT2D eigenvalue weighted by Gasteiger charge is -2.38. The SMILES string of the molecule is O=C(CCN1C(=O)CCC1=O)N1CC(CO)C1. The van der Waals surface area contributed by atoms with E-state index in [1.54, 1.807) is 4.90 Å². The maximum Gasteiger partial charge on any atom is 0.229 e. The third kappa shape index (κ3) is 2.46. The topological polar surface area (TPSA) is 77.9 Å². The molecule has 17 heavy (non-hydrogen) atoms. The molecular formula is C11H16N2O4. The second-order valence-corrected chi connectivity index (χ2v) is 4.54. The first-order chi connectivity index (χ1) is 8.11. The van der Waals surface area contributed by atoms with Gasteiger partial charge in [-0.05, 0) is 0 Å². The third-order valence-electron chi connectivity index (χ3n) is 3.27. The van der Waals surface area contributed by atoms with E-state index in [9.17, 15) is 14.4 Å². The summed E-state index contributed by atoms with van der Waals surface area (Å²) in [6.45, 7) is 1.46. The van der Waals surface area contributed by atoms with Crippen LogP contribution < -0.4 is 0 Å². The van der Waals surface area contributed by atoms with Crippen molar-refractivity contribution in [2.45, 2.75) is 19.3 Å². The first kappa shape index (κ1) is 12.0. The second kappa shape index (κ2) is 4.83. The van der Waals surface area contributed by atoms with E-state index in [0.29, 0.717) is 13.1 Å². The van der Waals surface area contributed by atoms with Crippen LogP contribution in [-0.2, 0) is 14.4 Å². The van der Waals surface area contributed by atoms with Crippen molar-refractivity contribution in [2.24, 2.45) is 5.92 Å². The minimum atomic E-state index is -0.181. The fourth-order valence-corrected chi connectivity index (χ4v) is 2.13. The molecule has 2 heterocycles. The molecule has 2 aliphatic heterocycles. The summed E-state index contributed by atoms with van der Waals surface area (Å²) >= 11 is 0. The van der Waals surface area contributed by atoms with Crippen LogP contribution in [0.4, 0.5) is 0 Å². The lowest BCUT2D eigenvalue weighted by Crippen LogP contribution is -2.52. The lowest BCUT2D eigenvalue weighted by atomic mass is 10.0. The zero-order valence-corrected chi connectivity index (χ0v) is 9.59. The van der Waals surface area contributed by atoms with Crippen molar-refractivity contribution in [3.8, 4) is 0 Å². The van der Waals surface area contributed by atoms with Crippen LogP contribution >= 0.6 is 0 Å². The molecule has 2 aliphatic rings. The average molecular weight is 240 g/mol. The van der Waals surface area contributed by atoms with Gasteiger partial charge in [0.25, 0.3) is 0 Å². The molecule has 2 fully saturated rings. The van der Waals surface area contributed by atoms with Gasteiger partial charge in [0, 0.05) is 51.4 Å². The highest BCUT2D eigenvalue weighted by atomic mass is 16.3. The van der Waals surface area contributed by atoms with Crippen molar-refractivity contribution >= 4 is 17.7 Å². The summed E-state index contributed by atoms with van der Waals surface area (Å²) in [7, 11) is 0. The molecule has 2 rings (SSSR count).